The number of carbonyl (C=O) groups excluding carboxylic acids is 1. The molecule has 8 heteroatoms. The molecule has 2 unspecified atom stereocenters. The maximum atomic E-state index is 12.7. The van der Waals surface area contributed by atoms with Crippen molar-refractivity contribution < 1.29 is 14.3 Å². The normalized spacial score (nSPS) is 19.1. The Balaban J connectivity index is 1.65. The van der Waals surface area contributed by atoms with E-state index in [4.69, 9.17) is 32.7 Å². The molecule has 0 aliphatic carbocycles. The van der Waals surface area contributed by atoms with E-state index in [-0.39, 0.29) is 11.9 Å². The number of ether oxygens (including phenoxy) is 2. The Hall–Kier alpha value is -1.83. The van der Waals surface area contributed by atoms with Gasteiger partial charge in [0.2, 0.25) is 5.91 Å². The van der Waals surface area contributed by atoms with Gasteiger partial charge in [0.1, 0.15) is 12.6 Å². The largest absolute Gasteiger partial charge is 0.487 e. The van der Waals surface area contributed by atoms with Gasteiger partial charge in [-0.3, -0.25) is 4.79 Å². The average Bonchev–Trinajstić information content (AvgIpc) is 3.14. The quantitative estimate of drug-likeness (QED) is 0.609. The molecule has 1 fully saturated rings. The van der Waals surface area contributed by atoms with Gasteiger partial charge in [0.05, 0.1) is 17.3 Å². The van der Waals surface area contributed by atoms with Crippen molar-refractivity contribution in [1.82, 2.24) is 10.9 Å². The van der Waals surface area contributed by atoms with E-state index >= 15 is 0 Å². The van der Waals surface area contributed by atoms with Gasteiger partial charge in [-0.2, -0.15) is 0 Å². The van der Waals surface area contributed by atoms with E-state index in [1.807, 2.05) is 24.3 Å². The van der Waals surface area contributed by atoms with Crippen molar-refractivity contribution >= 4 is 34.8 Å². The minimum atomic E-state index is -0.403. The van der Waals surface area contributed by atoms with Gasteiger partial charge in [0.15, 0.2) is 5.75 Å². The van der Waals surface area contributed by atoms with Gasteiger partial charge in [0.25, 0.3) is 0 Å². The highest BCUT2D eigenvalue weighted by Crippen LogP contribution is 2.33. The van der Waals surface area contributed by atoms with E-state index < -0.39 is 6.04 Å². The maximum Gasteiger partial charge on any atom is 0.243 e. The van der Waals surface area contributed by atoms with E-state index in [0.29, 0.717) is 41.1 Å². The summed E-state index contributed by atoms with van der Waals surface area (Å²) in [5.41, 5.74) is 7.72. The topological polar surface area (TPSA) is 71.6 Å². The van der Waals surface area contributed by atoms with Crippen LogP contribution in [0.25, 0.3) is 0 Å². The van der Waals surface area contributed by atoms with Crippen LogP contribution >= 0.6 is 23.2 Å². The number of anilines is 1. The van der Waals surface area contributed by atoms with Gasteiger partial charge >= 0.3 is 0 Å². The minimum absolute atomic E-state index is 0.00349. The number of para-hydroxylation sites is 1. The summed E-state index contributed by atoms with van der Waals surface area (Å²) in [6.07, 6.45) is 0.590. The molecule has 0 saturated carbocycles. The molecule has 2 aromatic carbocycles. The summed E-state index contributed by atoms with van der Waals surface area (Å²) < 4.78 is 10.6. The third kappa shape index (κ3) is 5.12. The summed E-state index contributed by atoms with van der Waals surface area (Å²) >= 11 is 12.3. The Labute approximate surface area is 168 Å². The number of hydrazine groups is 1. The van der Waals surface area contributed by atoms with Crippen molar-refractivity contribution in [1.29, 1.82) is 0 Å². The molecule has 1 amide bonds. The van der Waals surface area contributed by atoms with Gasteiger partial charge < -0.3 is 14.8 Å². The number of nitrogens with one attached hydrogen (secondary N) is 3. The number of carbonyl (C=O) groups is 1. The lowest BCUT2D eigenvalue weighted by molar-refractivity contribution is -0.117. The summed E-state index contributed by atoms with van der Waals surface area (Å²) in [4.78, 5) is 12.7. The van der Waals surface area contributed by atoms with Crippen LogP contribution in [0.3, 0.4) is 0 Å². The number of halogens is 2. The lowest BCUT2D eigenvalue weighted by Gasteiger charge is -2.16. The second kappa shape index (κ2) is 9.39. The van der Waals surface area contributed by atoms with Crippen LogP contribution in [0.15, 0.2) is 42.5 Å². The SMILES string of the molecule is COCCOc1c(Cl)cccc1NC(=O)C1CC(c2cccc(Cl)c2)NN1. The molecular weight excluding hydrogens is 389 g/mol. The van der Waals surface area contributed by atoms with E-state index in [2.05, 4.69) is 16.2 Å². The van der Waals surface area contributed by atoms with Crippen molar-refractivity contribution in [2.45, 2.75) is 18.5 Å². The first-order chi connectivity index (χ1) is 13.1. The average molecular weight is 410 g/mol. The molecule has 144 valence electrons. The maximum absolute atomic E-state index is 12.7. The van der Waals surface area contributed by atoms with Crippen molar-refractivity contribution in [3.05, 3.63) is 58.1 Å². The van der Waals surface area contributed by atoms with E-state index in [1.165, 1.54) is 0 Å². The van der Waals surface area contributed by atoms with Crippen molar-refractivity contribution in [2.24, 2.45) is 0 Å². The lowest BCUT2D eigenvalue weighted by atomic mass is 10.0. The Bertz CT molecular complexity index is 804. The number of hydrogen-bond acceptors (Lipinski definition) is 5. The lowest BCUT2D eigenvalue weighted by Crippen LogP contribution is -2.39. The number of methoxy groups -OCH3 is 1. The monoisotopic (exact) mass is 409 g/mol. The van der Waals surface area contributed by atoms with Crippen LogP contribution in [0, 0.1) is 0 Å². The molecule has 1 heterocycles. The number of benzene rings is 2. The van der Waals surface area contributed by atoms with Crippen LogP contribution in [0.2, 0.25) is 10.0 Å². The molecule has 3 rings (SSSR count). The van der Waals surface area contributed by atoms with Crippen molar-refractivity contribution in [2.75, 3.05) is 25.6 Å². The predicted molar refractivity (Wildman–Crippen MR) is 106 cm³/mol. The third-order valence-corrected chi connectivity index (χ3v) is 4.76. The summed E-state index contributed by atoms with van der Waals surface area (Å²) in [7, 11) is 1.59. The highest BCUT2D eigenvalue weighted by Gasteiger charge is 2.30. The molecule has 3 N–H and O–H groups in total. The van der Waals surface area contributed by atoms with Gasteiger partial charge in [-0.15, -0.1) is 0 Å². The molecule has 1 aliphatic heterocycles. The molecule has 1 saturated heterocycles. The molecule has 0 aromatic heterocycles. The number of rotatable bonds is 7. The summed E-state index contributed by atoms with van der Waals surface area (Å²) in [6.45, 7) is 0.761. The van der Waals surface area contributed by atoms with Crippen LogP contribution in [0.1, 0.15) is 18.0 Å². The fourth-order valence-electron chi connectivity index (χ4n) is 2.87. The Morgan fingerprint density at radius 2 is 2.00 bits per heavy atom. The third-order valence-electron chi connectivity index (χ3n) is 4.23. The number of amides is 1. The molecule has 0 bridgehead atoms. The smallest absolute Gasteiger partial charge is 0.243 e. The van der Waals surface area contributed by atoms with E-state index in [9.17, 15) is 4.79 Å². The second-order valence-electron chi connectivity index (χ2n) is 6.13. The van der Waals surface area contributed by atoms with Crippen LogP contribution in [0.5, 0.6) is 5.75 Å². The predicted octanol–water partition coefficient (Wildman–Crippen LogP) is 3.56. The minimum Gasteiger partial charge on any atom is -0.487 e. The van der Waals surface area contributed by atoms with E-state index in [0.717, 1.165) is 5.56 Å². The summed E-state index contributed by atoms with van der Waals surface area (Å²) in [6, 6.07) is 12.4. The van der Waals surface area contributed by atoms with Gasteiger partial charge in [0, 0.05) is 18.2 Å². The summed E-state index contributed by atoms with van der Waals surface area (Å²) in [5.74, 6) is 0.257. The Kier molecular flexibility index (Phi) is 6.93. The highest BCUT2D eigenvalue weighted by molar-refractivity contribution is 6.32. The van der Waals surface area contributed by atoms with Crippen molar-refractivity contribution in [3.63, 3.8) is 0 Å². The first-order valence-electron chi connectivity index (χ1n) is 8.56. The first-order valence-corrected chi connectivity index (χ1v) is 9.31. The molecule has 1 aliphatic rings. The van der Waals surface area contributed by atoms with Crippen LogP contribution in [0.4, 0.5) is 5.69 Å². The zero-order valence-electron chi connectivity index (χ0n) is 14.8. The summed E-state index contributed by atoms with van der Waals surface area (Å²) in [5, 5.41) is 3.98. The molecule has 6 nitrogen and oxygen atoms in total. The molecule has 27 heavy (non-hydrogen) atoms. The number of hydrogen-bond donors (Lipinski definition) is 3. The Morgan fingerprint density at radius 3 is 2.78 bits per heavy atom. The van der Waals surface area contributed by atoms with Crippen LogP contribution in [-0.4, -0.2) is 32.3 Å². The fraction of sp³-hybridized carbons (Fsp3) is 0.316. The highest BCUT2D eigenvalue weighted by atomic mass is 35.5. The zero-order valence-corrected chi connectivity index (χ0v) is 16.3. The van der Waals surface area contributed by atoms with Crippen molar-refractivity contribution in [3.8, 4) is 5.75 Å². The van der Waals surface area contributed by atoms with Crippen LogP contribution in [-0.2, 0) is 9.53 Å². The first kappa shape index (κ1) is 19.9. The molecular formula is C19H21Cl2N3O3. The van der Waals surface area contributed by atoms with E-state index in [1.54, 1.807) is 25.3 Å². The molecule has 2 aromatic rings. The molecule has 2 atom stereocenters. The zero-order chi connectivity index (χ0) is 19.2. The molecule has 0 radical (unpaired) electrons. The van der Waals surface area contributed by atoms with Crippen LogP contribution < -0.4 is 20.9 Å². The molecule has 0 spiro atoms. The van der Waals surface area contributed by atoms with Gasteiger partial charge in [-0.25, -0.2) is 10.9 Å². The fourth-order valence-corrected chi connectivity index (χ4v) is 3.30. The van der Waals surface area contributed by atoms with Gasteiger partial charge in [-0.05, 0) is 36.2 Å². The second-order valence-corrected chi connectivity index (χ2v) is 6.98. The Morgan fingerprint density at radius 1 is 1.19 bits per heavy atom. The standard InChI is InChI=1S/C19H21Cl2N3O3/c1-26-8-9-27-18-14(21)6-3-7-15(18)22-19(25)17-11-16(23-24-17)12-4-2-5-13(20)10-12/h2-7,10,16-17,23-24H,8-9,11H2,1H3,(H,22,25). The van der Waals surface area contributed by atoms with Gasteiger partial charge in [-0.1, -0.05) is 41.4 Å².